The first-order chi connectivity index (χ1) is 8.49. The Morgan fingerprint density at radius 1 is 1.44 bits per heavy atom. The van der Waals surface area contributed by atoms with Gasteiger partial charge in [-0.15, -0.1) is 0 Å². The molecule has 1 amide bonds. The molecule has 18 heavy (non-hydrogen) atoms. The lowest BCUT2D eigenvalue weighted by Gasteiger charge is -2.04. The molecule has 2 heterocycles. The fourth-order valence-electron chi connectivity index (χ4n) is 1.75. The number of carbonyl (C=O) groups is 1. The summed E-state index contributed by atoms with van der Waals surface area (Å²) in [6.07, 6.45) is 1.54. The smallest absolute Gasteiger partial charge is 0.260 e. The summed E-state index contributed by atoms with van der Waals surface area (Å²) in [5, 5.41) is 7.43. The lowest BCUT2D eigenvalue weighted by molar-refractivity contribution is 0.102. The molecule has 0 aliphatic carbocycles. The minimum Gasteiger partial charge on any atom is -0.306 e. The van der Waals surface area contributed by atoms with Crippen LogP contribution in [0.2, 0.25) is 5.02 Å². The van der Waals surface area contributed by atoms with Crippen molar-refractivity contribution in [2.24, 2.45) is 7.05 Å². The van der Waals surface area contributed by atoms with Gasteiger partial charge in [-0.1, -0.05) is 11.6 Å². The maximum Gasteiger partial charge on any atom is 0.260 e. The van der Waals surface area contributed by atoms with E-state index < -0.39 is 0 Å². The highest BCUT2D eigenvalue weighted by molar-refractivity contribution is 6.30. The van der Waals surface area contributed by atoms with Crippen molar-refractivity contribution in [3.63, 3.8) is 0 Å². The number of aromatic nitrogens is 3. The van der Waals surface area contributed by atoms with E-state index in [0.717, 1.165) is 5.69 Å². The zero-order valence-corrected chi connectivity index (χ0v) is 11.1. The van der Waals surface area contributed by atoms with E-state index in [4.69, 9.17) is 11.6 Å². The topological polar surface area (TPSA) is 59.8 Å². The van der Waals surface area contributed by atoms with Crippen LogP contribution in [0.4, 0.5) is 5.82 Å². The first-order valence-corrected chi connectivity index (χ1v) is 5.80. The van der Waals surface area contributed by atoms with Gasteiger partial charge in [0, 0.05) is 24.0 Å². The average molecular weight is 265 g/mol. The minimum atomic E-state index is -0.229. The number of hydrogen-bond donors (Lipinski definition) is 1. The highest BCUT2D eigenvalue weighted by atomic mass is 35.5. The van der Waals surface area contributed by atoms with Crippen molar-refractivity contribution in [2.45, 2.75) is 13.8 Å². The highest BCUT2D eigenvalue weighted by Crippen LogP contribution is 2.16. The van der Waals surface area contributed by atoms with E-state index in [1.807, 2.05) is 6.92 Å². The Kier molecular flexibility index (Phi) is 3.34. The van der Waals surface area contributed by atoms with Crippen LogP contribution in [0.15, 0.2) is 18.3 Å². The molecule has 0 unspecified atom stereocenters. The van der Waals surface area contributed by atoms with Crippen LogP contribution in [-0.2, 0) is 7.05 Å². The van der Waals surface area contributed by atoms with Gasteiger partial charge in [0.2, 0.25) is 0 Å². The second-order valence-electron chi connectivity index (χ2n) is 3.98. The van der Waals surface area contributed by atoms with Crippen LogP contribution < -0.4 is 5.32 Å². The van der Waals surface area contributed by atoms with Crippen LogP contribution in [0.5, 0.6) is 0 Å². The Balaban J connectivity index is 2.27. The molecule has 0 saturated carbocycles. The molecule has 2 rings (SSSR count). The normalized spacial score (nSPS) is 10.4. The Bertz CT molecular complexity index is 606. The average Bonchev–Trinajstić information content (AvgIpc) is 2.53. The molecule has 94 valence electrons. The second kappa shape index (κ2) is 4.78. The molecule has 0 aliphatic heterocycles. The maximum atomic E-state index is 12.1. The summed E-state index contributed by atoms with van der Waals surface area (Å²) in [7, 11) is 1.80. The first-order valence-electron chi connectivity index (χ1n) is 5.42. The zero-order valence-electron chi connectivity index (χ0n) is 10.4. The van der Waals surface area contributed by atoms with Gasteiger partial charge in [-0.25, -0.2) is 4.98 Å². The molecule has 0 bridgehead atoms. The second-order valence-corrected chi connectivity index (χ2v) is 4.42. The van der Waals surface area contributed by atoms with Gasteiger partial charge in [-0.2, -0.15) is 5.10 Å². The summed E-state index contributed by atoms with van der Waals surface area (Å²) in [5.41, 5.74) is 2.07. The van der Waals surface area contributed by atoms with Crippen molar-refractivity contribution >= 4 is 23.3 Å². The third kappa shape index (κ3) is 2.36. The molecule has 6 heteroatoms. The van der Waals surface area contributed by atoms with Gasteiger partial charge < -0.3 is 5.32 Å². The van der Waals surface area contributed by atoms with Gasteiger partial charge in [0.25, 0.3) is 5.91 Å². The predicted octanol–water partition coefficient (Wildman–Crippen LogP) is 2.34. The van der Waals surface area contributed by atoms with E-state index in [0.29, 0.717) is 22.1 Å². The monoisotopic (exact) mass is 264 g/mol. The number of aryl methyl sites for hydroxylation is 2. The van der Waals surface area contributed by atoms with E-state index in [-0.39, 0.29) is 5.91 Å². The number of nitrogens with zero attached hydrogens (tertiary/aromatic N) is 3. The van der Waals surface area contributed by atoms with Crippen LogP contribution in [0, 0.1) is 13.8 Å². The van der Waals surface area contributed by atoms with Crippen LogP contribution in [0.1, 0.15) is 21.7 Å². The highest BCUT2D eigenvalue weighted by Gasteiger charge is 2.17. The summed E-state index contributed by atoms with van der Waals surface area (Å²) < 4.78 is 1.68. The predicted molar refractivity (Wildman–Crippen MR) is 69.9 cm³/mol. The van der Waals surface area contributed by atoms with E-state index in [1.54, 1.807) is 37.0 Å². The third-order valence-electron chi connectivity index (χ3n) is 2.70. The molecule has 2 aromatic heterocycles. The van der Waals surface area contributed by atoms with Crippen LogP contribution in [-0.4, -0.2) is 20.7 Å². The van der Waals surface area contributed by atoms with Crippen LogP contribution >= 0.6 is 11.6 Å². The molecule has 0 spiro atoms. The zero-order chi connectivity index (χ0) is 13.3. The van der Waals surface area contributed by atoms with Gasteiger partial charge in [-0.05, 0) is 26.0 Å². The lowest BCUT2D eigenvalue weighted by Crippen LogP contribution is -2.14. The number of halogens is 1. The molecule has 0 atom stereocenters. The molecule has 1 N–H and O–H groups in total. The van der Waals surface area contributed by atoms with Crippen molar-refractivity contribution in [3.05, 3.63) is 40.3 Å². The third-order valence-corrected chi connectivity index (χ3v) is 2.93. The van der Waals surface area contributed by atoms with Crippen LogP contribution in [0.3, 0.4) is 0 Å². The summed E-state index contributed by atoms with van der Waals surface area (Å²) in [6.45, 7) is 3.65. The van der Waals surface area contributed by atoms with E-state index in [2.05, 4.69) is 15.4 Å². The van der Waals surface area contributed by atoms with Gasteiger partial charge in [0.05, 0.1) is 11.3 Å². The molecule has 0 saturated heterocycles. The fourth-order valence-corrected chi connectivity index (χ4v) is 1.91. The molecule has 0 aliphatic rings. The molecule has 0 aromatic carbocycles. The lowest BCUT2D eigenvalue weighted by atomic mass is 10.2. The largest absolute Gasteiger partial charge is 0.306 e. The molecular formula is C12H13ClN4O. The van der Waals surface area contributed by atoms with Gasteiger partial charge >= 0.3 is 0 Å². The summed E-state index contributed by atoms with van der Waals surface area (Å²) in [5.74, 6) is 0.197. The van der Waals surface area contributed by atoms with E-state index in [1.165, 1.54) is 0 Å². The van der Waals surface area contributed by atoms with Crippen molar-refractivity contribution in [3.8, 4) is 0 Å². The molecule has 2 aromatic rings. The van der Waals surface area contributed by atoms with Crippen LogP contribution in [0.25, 0.3) is 0 Å². The van der Waals surface area contributed by atoms with E-state index in [9.17, 15) is 4.79 Å². The standard InChI is InChI=1S/C12H13ClN4O/c1-7-11(8(2)17(3)16-7)12(18)15-10-6-9(13)4-5-14-10/h4-6H,1-3H3,(H,14,15,18). The fraction of sp³-hybridized carbons (Fsp3) is 0.250. The van der Waals surface area contributed by atoms with Crippen molar-refractivity contribution in [2.75, 3.05) is 5.32 Å². The first kappa shape index (κ1) is 12.6. The quantitative estimate of drug-likeness (QED) is 0.906. The molecule has 0 radical (unpaired) electrons. The van der Waals surface area contributed by atoms with Gasteiger partial charge in [0.15, 0.2) is 0 Å². The number of rotatable bonds is 2. The molecule has 0 fully saturated rings. The summed E-state index contributed by atoms with van der Waals surface area (Å²) in [4.78, 5) is 16.2. The van der Waals surface area contributed by atoms with Crippen molar-refractivity contribution in [1.82, 2.24) is 14.8 Å². The number of hydrogen-bond acceptors (Lipinski definition) is 3. The number of carbonyl (C=O) groups excluding carboxylic acids is 1. The van der Waals surface area contributed by atoms with Gasteiger partial charge in [0.1, 0.15) is 5.82 Å². The molecular weight excluding hydrogens is 252 g/mol. The Morgan fingerprint density at radius 2 is 2.17 bits per heavy atom. The number of anilines is 1. The van der Waals surface area contributed by atoms with Crippen molar-refractivity contribution < 1.29 is 4.79 Å². The minimum absolute atomic E-state index is 0.229. The summed E-state index contributed by atoms with van der Waals surface area (Å²) in [6, 6.07) is 3.25. The maximum absolute atomic E-state index is 12.1. The van der Waals surface area contributed by atoms with E-state index >= 15 is 0 Å². The summed E-state index contributed by atoms with van der Waals surface area (Å²) >= 11 is 5.83. The number of nitrogens with one attached hydrogen (secondary N) is 1. The Labute approximate surface area is 110 Å². The number of amides is 1. The molecule has 5 nitrogen and oxygen atoms in total. The Hall–Kier alpha value is -1.88. The number of pyridine rings is 1. The SMILES string of the molecule is Cc1nn(C)c(C)c1C(=O)Nc1cc(Cl)ccn1. The van der Waals surface area contributed by atoms with Gasteiger partial charge in [-0.3, -0.25) is 9.48 Å². The van der Waals surface area contributed by atoms with Crippen molar-refractivity contribution in [1.29, 1.82) is 0 Å². The Morgan fingerprint density at radius 3 is 2.72 bits per heavy atom.